The molecule has 4 N–H and O–H groups in total. The number of aliphatic hydroxyl groups is 1. The first-order valence-corrected chi connectivity index (χ1v) is 9.12. The Balaban J connectivity index is 2.12. The Morgan fingerprint density at radius 1 is 1.12 bits per heavy atom. The molecule has 1 amide bonds. The number of hydrogen-bond acceptors (Lipinski definition) is 4. The minimum Gasteiger partial charge on any atom is -0.481 e. The van der Waals surface area contributed by atoms with Gasteiger partial charge in [-0.2, -0.15) is 0 Å². The molecule has 24 heavy (non-hydrogen) atoms. The number of carbonyl (C=O) groups is 2. The Morgan fingerprint density at radius 3 is 2.21 bits per heavy atom. The average Bonchev–Trinajstić information content (AvgIpc) is 3.22. The van der Waals surface area contributed by atoms with Crippen LogP contribution in [0.4, 0.5) is 0 Å². The number of aliphatic carboxylic acids is 1. The molecular weight excluding hydrogens is 308 g/mol. The summed E-state index contributed by atoms with van der Waals surface area (Å²) in [5.74, 6) is -1.55. The van der Waals surface area contributed by atoms with Gasteiger partial charge in [-0.15, -0.1) is 0 Å². The van der Waals surface area contributed by atoms with Crippen molar-refractivity contribution >= 4 is 18.1 Å². The number of hydrogen-bond donors (Lipinski definition) is 4. The Labute approximate surface area is 143 Å². The maximum absolute atomic E-state index is 13.1. The van der Waals surface area contributed by atoms with E-state index in [4.69, 9.17) is 5.41 Å². The summed E-state index contributed by atoms with van der Waals surface area (Å²) in [7, 11) is 0. The van der Waals surface area contributed by atoms with Crippen LogP contribution >= 0.6 is 0 Å². The highest BCUT2D eigenvalue weighted by Gasteiger charge is 2.47. The predicted octanol–water partition coefficient (Wildman–Crippen LogP) is 2.49. The van der Waals surface area contributed by atoms with E-state index in [2.05, 4.69) is 5.32 Å². The molecule has 0 spiro atoms. The van der Waals surface area contributed by atoms with Crippen LogP contribution in [0.3, 0.4) is 0 Å². The maximum atomic E-state index is 13.1. The third kappa shape index (κ3) is 4.15. The highest BCUT2D eigenvalue weighted by molar-refractivity contribution is 5.84. The van der Waals surface area contributed by atoms with Crippen molar-refractivity contribution in [3.63, 3.8) is 0 Å². The van der Waals surface area contributed by atoms with E-state index in [1.54, 1.807) is 0 Å². The van der Waals surface area contributed by atoms with Gasteiger partial charge >= 0.3 is 5.97 Å². The van der Waals surface area contributed by atoms with Gasteiger partial charge in [-0.25, -0.2) is 0 Å². The number of carbonyl (C=O) groups excluding carboxylic acids is 1. The molecule has 0 aromatic rings. The summed E-state index contributed by atoms with van der Waals surface area (Å²) < 4.78 is 0. The lowest BCUT2D eigenvalue weighted by Gasteiger charge is -2.36. The molecule has 0 radical (unpaired) electrons. The van der Waals surface area contributed by atoms with E-state index in [1.807, 2.05) is 0 Å². The van der Waals surface area contributed by atoms with E-state index in [0.29, 0.717) is 32.1 Å². The van der Waals surface area contributed by atoms with Gasteiger partial charge in [-0.1, -0.05) is 25.7 Å². The molecule has 2 rings (SSSR count). The topological polar surface area (TPSA) is 110 Å². The van der Waals surface area contributed by atoms with E-state index in [-0.39, 0.29) is 12.5 Å². The lowest BCUT2D eigenvalue weighted by atomic mass is 9.75. The molecule has 2 aliphatic rings. The summed E-state index contributed by atoms with van der Waals surface area (Å²) in [6.07, 6.45) is 9.31. The van der Waals surface area contributed by atoms with Crippen molar-refractivity contribution in [2.24, 2.45) is 11.3 Å². The van der Waals surface area contributed by atoms with Crippen molar-refractivity contribution in [3.05, 3.63) is 0 Å². The molecule has 0 aliphatic heterocycles. The number of carboxylic acids is 1. The summed E-state index contributed by atoms with van der Waals surface area (Å²) in [6, 6.07) is 0. The quantitative estimate of drug-likeness (QED) is 0.484. The summed E-state index contributed by atoms with van der Waals surface area (Å²) >= 11 is 0. The number of carboxylic acid groups (broad SMARTS) is 1. The Bertz CT molecular complexity index is 466. The molecule has 0 heterocycles. The van der Waals surface area contributed by atoms with E-state index in [1.165, 1.54) is 6.21 Å². The molecule has 0 aromatic carbocycles. The molecule has 6 heteroatoms. The molecule has 0 bridgehead atoms. The summed E-state index contributed by atoms with van der Waals surface area (Å²) in [6.45, 7) is -0.0506. The standard InChI is InChI=1S/C18H30N2O4/c19-11-5-6-14(15(22)23)12-17(7-1-2-8-17)16(24)20-18(13-21)9-3-4-10-18/h11,14,19,21H,1-10,12-13H2,(H,20,24)(H,22,23). The molecule has 2 saturated carbocycles. The zero-order chi connectivity index (χ0) is 17.6. The molecule has 0 aromatic heterocycles. The molecular formula is C18H30N2O4. The van der Waals surface area contributed by atoms with E-state index in [9.17, 15) is 19.8 Å². The van der Waals surface area contributed by atoms with Crippen molar-refractivity contribution < 1.29 is 19.8 Å². The molecule has 2 fully saturated rings. The molecule has 1 atom stereocenters. The van der Waals surface area contributed by atoms with Crippen molar-refractivity contribution in [2.75, 3.05) is 6.61 Å². The van der Waals surface area contributed by atoms with Crippen LogP contribution in [0.1, 0.15) is 70.6 Å². The maximum Gasteiger partial charge on any atom is 0.306 e. The number of nitrogens with one attached hydrogen (secondary N) is 2. The van der Waals surface area contributed by atoms with Crippen LogP contribution in [0.15, 0.2) is 0 Å². The lowest BCUT2D eigenvalue weighted by molar-refractivity contribution is -0.145. The Hall–Kier alpha value is -1.43. The molecule has 0 saturated heterocycles. The summed E-state index contributed by atoms with van der Waals surface area (Å²) in [4.78, 5) is 24.6. The average molecular weight is 338 g/mol. The summed E-state index contributed by atoms with van der Waals surface area (Å²) in [5, 5.41) is 29.5. The SMILES string of the molecule is N=CCCC(CC1(C(=O)NC2(CO)CCCC2)CCCC1)C(=O)O. The second kappa shape index (κ2) is 8.10. The fraction of sp³-hybridized carbons (Fsp3) is 0.833. The van der Waals surface area contributed by atoms with Gasteiger partial charge in [-0.3, -0.25) is 9.59 Å². The van der Waals surface area contributed by atoms with Crippen LogP contribution in [0.5, 0.6) is 0 Å². The third-order valence-corrected chi connectivity index (χ3v) is 5.93. The molecule has 2 aliphatic carbocycles. The fourth-order valence-electron chi connectivity index (χ4n) is 4.39. The number of amides is 1. The van der Waals surface area contributed by atoms with Crippen molar-refractivity contribution in [2.45, 2.75) is 76.2 Å². The fourth-order valence-corrected chi connectivity index (χ4v) is 4.39. The second-order valence-electron chi connectivity index (χ2n) is 7.61. The minimum absolute atomic E-state index is 0.0506. The van der Waals surface area contributed by atoms with Gasteiger partial charge in [0.2, 0.25) is 5.91 Å². The smallest absolute Gasteiger partial charge is 0.306 e. The normalized spacial score (nSPS) is 22.9. The molecule has 1 unspecified atom stereocenters. The first-order valence-electron chi connectivity index (χ1n) is 9.12. The summed E-state index contributed by atoms with van der Waals surface area (Å²) in [5.41, 5.74) is -1.14. The van der Waals surface area contributed by atoms with Crippen LogP contribution in [-0.4, -0.2) is 40.4 Å². The Kier molecular flexibility index (Phi) is 6.38. The lowest BCUT2D eigenvalue weighted by Crippen LogP contribution is -2.54. The van der Waals surface area contributed by atoms with Gasteiger partial charge in [0.1, 0.15) is 0 Å². The third-order valence-electron chi connectivity index (χ3n) is 5.93. The van der Waals surface area contributed by atoms with Gasteiger partial charge in [-0.05, 0) is 51.2 Å². The van der Waals surface area contributed by atoms with Crippen LogP contribution in [-0.2, 0) is 9.59 Å². The van der Waals surface area contributed by atoms with Gasteiger partial charge in [0.15, 0.2) is 0 Å². The van der Waals surface area contributed by atoms with Crippen LogP contribution in [0.2, 0.25) is 0 Å². The number of aliphatic hydroxyl groups excluding tert-OH is 1. The van der Waals surface area contributed by atoms with E-state index >= 15 is 0 Å². The zero-order valence-electron chi connectivity index (χ0n) is 14.4. The predicted molar refractivity (Wildman–Crippen MR) is 91.1 cm³/mol. The van der Waals surface area contributed by atoms with Crippen molar-refractivity contribution in [1.82, 2.24) is 5.32 Å². The molecule has 136 valence electrons. The highest BCUT2D eigenvalue weighted by atomic mass is 16.4. The van der Waals surface area contributed by atoms with Crippen LogP contribution in [0.25, 0.3) is 0 Å². The van der Waals surface area contributed by atoms with Gasteiger partial charge in [0, 0.05) is 0 Å². The zero-order valence-corrected chi connectivity index (χ0v) is 14.4. The van der Waals surface area contributed by atoms with Gasteiger partial charge in [0.05, 0.1) is 23.5 Å². The highest BCUT2D eigenvalue weighted by Crippen LogP contribution is 2.45. The van der Waals surface area contributed by atoms with Crippen molar-refractivity contribution in [3.8, 4) is 0 Å². The van der Waals surface area contributed by atoms with Crippen LogP contribution < -0.4 is 5.32 Å². The van der Waals surface area contributed by atoms with Crippen LogP contribution in [0, 0.1) is 16.7 Å². The second-order valence-corrected chi connectivity index (χ2v) is 7.61. The molecule has 6 nitrogen and oxygen atoms in total. The number of rotatable bonds is 9. The first kappa shape index (κ1) is 18.9. The van der Waals surface area contributed by atoms with Gasteiger partial charge in [0.25, 0.3) is 0 Å². The van der Waals surface area contributed by atoms with Crippen molar-refractivity contribution in [1.29, 1.82) is 5.41 Å². The minimum atomic E-state index is -0.881. The van der Waals surface area contributed by atoms with E-state index in [0.717, 1.165) is 38.5 Å². The monoisotopic (exact) mass is 338 g/mol. The first-order chi connectivity index (χ1) is 11.5. The van der Waals surface area contributed by atoms with Gasteiger partial charge < -0.3 is 20.9 Å². The largest absolute Gasteiger partial charge is 0.481 e. The Morgan fingerprint density at radius 2 is 1.71 bits per heavy atom. The van der Waals surface area contributed by atoms with E-state index < -0.39 is 22.8 Å².